The summed E-state index contributed by atoms with van der Waals surface area (Å²) in [5, 5.41) is 10.7. The van der Waals surface area contributed by atoms with E-state index in [0.717, 1.165) is 5.56 Å². The van der Waals surface area contributed by atoms with Crippen molar-refractivity contribution in [3.05, 3.63) is 98.4 Å². The van der Waals surface area contributed by atoms with Gasteiger partial charge in [-0.1, -0.05) is 35.3 Å². The van der Waals surface area contributed by atoms with E-state index in [1.165, 1.54) is 28.8 Å². The van der Waals surface area contributed by atoms with Gasteiger partial charge in [-0.05, 0) is 78.0 Å². The number of hydrogen-bond donors (Lipinski definition) is 1. The Bertz CT molecular complexity index is 1320. The van der Waals surface area contributed by atoms with Gasteiger partial charge >= 0.3 is 5.97 Å². The predicted molar refractivity (Wildman–Crippen MR) is 136 cm³/mol. The number of ether oxygens (including phenoxy) is 1. The number of halogens is 2. The number of nitrogens with zero attached hydrogens (tertiary/aromatic N) is 2. The largest absolute Gasteiger partial charge is 0.488 e. The van der Waals surface area contributed by atoms with Gasteiger partial charge in [0.2, 0.25) is 0 Å². The Labute approximate surface area is 210 Å². The van der Waals surface area contributed by atoms with Crippen molar-refractivity contribution in [3.63, 3.8) is 0 Å². The number of hydrogen-bond acceptors (Lipinski definition) is 5. The Morgan fingerprint density at radius 3 is 2.53 bits per heavy atom. The Morgan fingerprint density at radius 1 is 1.09 bits per heavy atom. The van der Waals surface area contributed by atoms with Crippen molar-refractivity contribution in [1.29, 1.82) is 0 Å². The molecule has 34 heavy (non-hydrogen) atoms. The van der Waals surface area contributed by atoms with Crippen LogP contribution in [-0.2, 0) is 11.4 Å². The van der Waals surface area contributed by atoms with Crippen molar-refractivity contribution in [2.75, 3.05) is 7.05 Å². The van der Waals surface area contributed by atoms with Gasteiger partial charge in [-0.15, -0.1) is 0 Å². The third-order valence-electron chi connectivity index (χ3n) is 4.88. The van der Waals surface area contributed by atoms with Crippen molar-refractivity contribution in [3.8, 4) is 5.75 Å². The fourth-order valence-electron chi connectivity index (χ4n) is 3.13. The van der Waals surface area contributed by atoms with Crippen LogP contribution < -0.4 is 4.74 Å². The minimum atomic E-state index is -1.01. The summed E-state index contributed by atoms with van der Waals surface area (Å²) in [6.45, 7) is 0.304. The van der Waals surface area contributed by atoms with Crippen LogP contribution in [0.15, 0.2) is 76.6 Å². The molecule has 0 unspecified atom stereocenters. The molecule has 0 aromatic heterocycles. The highest BCUT2D eigenvalue weighted by Crippen LogP contribution is 2.35. The summed E-state index contributed by atoms with van der Waals surface area (Å²) in [7, 11) is 1.63. The molecule has 0 atom stereocenters. The minimum absolute atomic E-state index is 0.166. The first-order valence-corrected chi connectivity index (χ1v) is 11.6. The quantitative estimate of drug-likeness (QED) is 0.381. The second kappa shape index (κ2) is 10.3. The normalized spacial score (nSPS) is 15.9. The lowest BCUT2D eigenvalue weighted by atomic mass is 10.1. The molecule has 9 heteroatoms. The maximum atomic E-state index is 12.9. The van der Waals surface area contributed by atoms with Crippen LogP contribution in [0.1, 0.15) is 21.5 Å². The summed E-state index contributed by atoms with van der Waals surface area (Å²) >= 11 is 13.5. The van der Waals surface area contributed by atoms with Gasteiger partial charge in [0.1, 0.15) is 12.4 Å². The predicted octanol–water partition coefficient (Wildman–Crippen LogP) is 6.50. The minimum Gasteiger partial charge on any atom is -0.488 e. The molecule has 1 N–H and O–H groups in total. The number of thioether (sulfide) groups is 1. The van der Waals surface area contributed by atoms with E-state index in [1.54, 1.807) is 49.5 Å². The van der Waals surface area contributed by atoms with Crippen LogP contribution in [0.25, 0.3) is 6.08 Å². The summed E-state index contributed by atoms with van der Waals surface area (Å²) in [5.41, 5.74) is 2.28. The number of carboxylic acids is 1. The molecule has 1 saturated heterocycles. The van der Waals surface area contributed by atoms with Crippen molar-refractivity contribution in [2.24, 2.45) is 4.99 Å². The molecular formula is C25H18Cl2N2O4S. The van der Waals surface area contributed by atoms with Gasteiger partial charge in [-0.2, -0.15) is 0 Å². The Kier molecular flexibility index (Phi) is 7.26. The Morgan fingerprint density at radius 2 is 1.82 bits per heavy atom. The molecule has 1 amide bonds. The van der Waals surface area contributed by atoms with Gasteiger partial charge in [0.25, 0.3) is 5.91 Å². The van der Waals surface area contributed by atoms with Crippen LogP contribution in [0.5, 0.6) is 5.75 Å². The number of aromatic carboxylic acids is 1. The number of likely N-dealkylation sites (N-methyl/N-ethyl adjacent to an activating group) is 1. The second-order valence-electron chi connectivity index (χ2n) is 7.32. The van der Waals surface area contributed by atoms with E-state index in [-0.39, 0.29) is 11.5 Å². The van der Waals surface area contributed by atoms with Crippen LogP contribution in [-0.4, -0.2) is 34.1 Å². The molecule has 0 aliphatic carbocycles. The molecule has 1 heterocycles. The number of rotatable bonds is 6. The standard InChI is InChI=1S/C25H18Cl2N2O4S/c1-29-23(30)22(34-25(29)28-20-8-5-16(6-9-20)24(31)32)13-17-12-19(27)7-10-21(17)33-14-15-3-2-4-18(26)11-15/h2-13H,14H2,1H3,(H,31,32)/b22-13+,28-25?. The fourth-order valence-corrected chi connectivity index (χ4v) is 4.50. The van der Waals surface area contributed by atoms with Gasteiger partial charge in [0.15, 0.2) is 5.17 Å². The van der Waals surface area contributed by atoms with Gasteiger partial charge in [-0.25, -0.2) is 9.79 Å². The molecule has 0 bridgehead atoms. The third-order valence-corrected chi connectivity index (χ3v) is 6.41. The molecule has 4 rings (SSSR count). The number of benzene rings is 3. The SMILES string of the molecule is CN1C(=O)/C(=C\c2cc(Cl)ccc2OCc2cccc(Cl)c2)SC1=Nc1ccc(C(=O)O)cc1. The molecule has 1 aliphatic heterocycles. The van der Waals surface area contributed by atoms with E-state index in [9.17, 15) is 9.59 Å². The zero-order valence-electron chi connectivity index (χ0n) is 17.9. The number of carbonyl (C=O) groups excluding carboxylic acids is 1. The summed E-state index contributed by atoms with van der Waals surface area (Å²) in [4.78, 5) is 30.3. The maximum absolute atomic E-state index is 12.9. The number of carboxylic acid groups (broad SMARTS) is 1. The second-order valence-corrected chi connectivity index (χ2v) is 9.20. The number of amidine groups is 1. The molecule has 0 radical (unpaired) electrons. The average molecular weight is 513 g/mol. The lowest BCUT2D eigenvalue weighted by molar-refractivity contribution is -0.121. The van der Waals surface area contributed by atoms with Crippen molar-refractivity contribution in [1.82, 2.24) is 4.90 Å². The zero-order chi connectivity index (χ0) is 24.2. The average Bonchev–Trinajstić information content (AvgIpc) is 3.06. The van der Waals surface area contributed by atoms with E-state index >= 15 is 0 Å². The topological polar surface area (TPSA) is 79.2 Å². The Hall–Kier alpha value is -3.26. The monoisotopic (exact) mass is 512 g/mol. The fraction of sp³-hybridized carbons (Fsp3) is 0.0800. The Balaban J connectivity index is 1.58. The third kappa shape index (κ3) is 5.62. The van der Waals surface area contributed by atoms with Crippen LogP contribution in [0, 0.1) is 0 Å². The summed E-state index contributed by atoms with van der Waals surface area (Å²) in [6.07, 6.45) is 1.72. The van der Waals surface area contributed by atoms with Gasteiger partial charge in [0, 0.05) is 22.7 Å². The first-order valence-electron chi connectivity index (χ1n) is 10.1. The molecule has 0 spiro atoms. The van der Waals surface area contributed by atoms with Crippen molar-refractivity contribution < 1.29 is 19.4 Å². The van der Waals surface area contributed by atoms with Gasteiger partial charge < -0.3 is 9.84 Å². The summed E-state index contributed by atoms with van der Waals surface area (Å²) in [6, 6.07) is 18.7. The van der Waals surface area contributed by atoms with Crippen molar-refractivity contribution >= 4 is 63.8 Å². The highest BCUT2D eigenvalue weighted by Gasteiger charge is 2.30. The highest BCUT2D eigenvalue weighted by molar-refractivity contribution is 8.18. The van der Waals surface area contributed by atoms with Crippen LogP contribution in [0.4, 0.5) is 5.69 Å². The van der Waals surface area contributed by atoms with E-state index < -0.39 is 5.97 Å². The maximum Gasteiger partial charge on any atom is 0.335 e. The van der Waals surface area contributed by atoms with Crippen LogP contribution in [0.3, 0.4) is 0 Å². The molecule has 0 saturated carbocycles. The molecule has 1 aliphatic rings. The van der Waals surface area contributed by atoms with E-state index in [2.05, 4.69) is 4.99 Å². The first kappa shape index (κ1) is 23.9. The molecule has 1 fully saturated rings. The number of aliphatic imine (C=N–C) groups is 1. The molecular weight excluding hydrogens is 495 g/mol. The molecule has 3 aromatic carbocycles. The summed E-state index contributed by atoms with van der Waals surface area (Å²) < 4.78 is 5.98. The van der Waals surface area contributed by atoms with E-state index in [1.807, 2.05) is 18.2 Å². The van der Waals surface area contributed by atoms with Gasteiger partial charge in [0.05, 0.1) is 16.2 Å². The van der Waals surface area contributed by atoms with E-state index in [4.69, 9.17) is 33.0 Å². The number of carbonyl (C=O) groups is 2. The number of amides is 1. The first-order chi connectivity index (χ1) is 16.3. The smallest absolute Gasteiger partial charge is 0.335 e. The zero-order valence-corrected chi connectivity index (χ0v) is 20.2. The molecule has 3 aromatic rings. The van der Waals surface area contributed by atoms with E-state index in [0.29, 0.717) is 43.7 Å². The highest BCUT2D eigenvalue weighted by atomic mass is 35.5. The lowest BCUT2D eigenvalue weighted by Crippen LogP contribution is -2.23. The molecule has 6 nitrogen and oxygen atoms in total. The molecule has 172 valence electrons. The van der Waals surface area contributed by atoms with Crippen molar-refractivity contribution in [2.45, 2.75) is 6.61 Å². The lowest BCUT2D eigenvalue weighted by Gasteiger charge is -2.10. The van der Waals surface area contributed by atoms with Crippen LogP contribution in [0.2, 0.25) is 10.0 Å². The van der Waals surface area contributed by atoms with Gasteiger partial charge in [-0.3, -0.25) is 9.69 Å². The van der Waals surface area contributed by atoms with Crippen LogP contribution >= 0.6 is 35.0 Å². The summed E-state index contributed by atoms with van der Waals surface area (Å²) in [5.74, 6) is -0.656.